The van der Waals surface area contributed by atoms with Crippen LogP contribution in [0, 0.1) is 5.82 Å². The van der Waals surface area contributed by atoms with Crippen molar-refractivity contribution < 1.29 is 17.9 Å². The molecule has 0 radical (unpaired) electrons. The first-order chi connectivity index (χ1) is 6.78. The molecular formula is C9H10ClFO3S. The second kappa shape index (κ2) is 4.47. The summed E-state index contributed by atoms with van der Waals surface area (Å²) in [7, 11) is -3.31. The zero-order valence-electron chi connectivity index (χ0n) is 7.94. The van der Waals surface area contributed by atoms with Gasteiger partial charge >= 0.3 is 0 Å². The van der Waals surface area contributed by atoms with E-state index in [2.05, 4.69) is 0 Å². The third-order valence-corrected chi connectivity index (χ3v) is 2.87. The summed E-state index contributed by atoms with van der Waals surface area (Å²) in [6.07, 6.45) is -0.259. The number of rotatable bonds is 3. The quantitative estimate of drug-likeness (QED) is 0.888. The lowest BCUT2D eigenvalue weighted by Gasteiger charge is -2.10. The van der Waals surface area contributed by atoms with E-state index in [9.17, 15) is 17.9 Å². The summed E-state index contributed by atoms with van der Waals surface area (Å²) in [5.41, 5.74) is 0.158. The number of aliphatic hydroxyl groups excluding tert-OH is 1. The van der Waals surface area contributed by atoms with Gasteiger partial charge in [0, 0.05) is 11.3 Å². The molecule has 0 bridgehead atoms. The fraction of sp³-hybridized carbons (Fsp3) is 0.333. The summed E-state index contributed by atoms with van der Waals surface area (Å²) in [6, 6.07) is 3.47. The standard InChI is InChI=1S/C9H10ClFO3S/c1-15(13,14)5-9(12)6-2-7(10)4-8(11)3-6/h2-4,9,12H,5H2,1H3. The second-order valence-corrected chi connectivity index (χ2v) is 5.93. The zero-order chi connectivity index (χ0) is 11.6. The molecule has 1 N–H and O–H groups in total. The van der Waals surface area contributed by atoms with Gasteiger partial charge in [0.1, 0.15) is 15.7 Å². The van der Waals surface area contributed by atoms with Crippen LogP contribution < -0.4 is 0 Å². The molecule has 1 unspecified atom stereocenters. The molecule has 0 saturated carbocycles. The van der Waals surface area contributed by atoms with Crippen LogP contribution in [0.15, 0.2) is 18.2 Å². The van der Waals surface area contributed by atoms with Crippen molar-refractivity contribution in [1.29, 1.82) is 0 Å². The Labute approximate surface area is 92.4 Å². The highest BCUT2D eigenvalue weighted by molar-refractivity contribution is 7.90. The lowest BCUT2D eigenvalue weighted by Crippen LogP contribution is -2.12. The Morgan fingerprint density at radius 2 is 2.07 bits per heavy atom. The third kappa shape index (κ3) is 4.15. The lowest BCUT2D eigenvalue weighted by molar-refractivity contribution is 0.201. The van der Waals surface area contributed by atoms with E-state index in [1.165, 1.54) is 6.07 Å². The molecule has 1 atom stereocenters. The third-order valence-electron chi connectivity index (χ3n) is 1.73. The summed E-state index contributed by atoms with van der Waals surface area (Å²) in [5.74, 6) is -1.06. The van der Waals surface area contributed by atoms with Crippen LogP contribution in [-0.2, 0) is 9.84 Å². The van der Waals surface area contributed by atoms with Crippen LogP contribution in [0.2, 0.25) is 5.02 Å². The number of hydrogen-bond donors (Lipinski definition) is 1. The van der Waals surface area contributed by atoms with Crippen LogP contribution in [0.1, 0.15) is 11.7 Å². The van der Waals surface area contributed by atoms with Crippen LogP contribution >= 0.6 is 11.6 Å². The van der Waals surface area contributed by atoms with Gasteiger partial charge in [0.05, 0.1) is 11.9 Å². The van der Waals surface area contributed by atoms with Crippen molar-refractivity contribution in [2.45, 2.75) is 6.10 Å². The van der Waals surface area contributed by atoms with Crippen molar-refractivity contribution in [3.63, 3.8) is 0 Å². The van der Waals surface area contributed by atoms with Gasteiger partial charge in [-0.3, -0.25) is 0 Å². The Bertz CT molecular complexity index is 438. The molecule has 3 nitrogen and oxygen atoms in total. The van der Waals surface area contributed by atoms with Gasteiger partial charge in [0.25, 0.3) is 0 Å². The van der Waals surface area contributed by atoms with Crippen LogP contribution in [-0.4, -0.2) is 25.5 Å². The number of aliphatic hydroxyl groups is 1. The molecule has 84 valence electrons. The van der Waals surface area contributed by atoms with Gasteiger partial charge in [-0.25, -0.2) is 12.8 Å². The number of hydrogen-bond acceptors (Lipinski definition) is 3. The molecule has 1 rings (SSSR count). The Hall–Kier alpha value is -0.650. The molecule has 0 aromatic heterocycles. The molecule has 0 saturated heterocycles. The molecule has 1 aromatic carbocycles. The van der Waals surface area contributed by atoms with Crippen LogP contribution in [0.5, 0.6) is 0 Å². The van der Waals surface area contributed by atoms with E-state index in [1.54, 1.807) is 0 Å². The minimum absolute atomic E-state index is 0.123. The number of sulfone groups is 1. The lowest BCUT2D eigenvalue weighted by atomic mass is 10.1. The fourth-order valence-electron chi connectivity index (χ4n) is 1.15. The van der Waals surface area contributed by atoms with Gasteiger partial charge in [0.2, 0.25) is 0 Å². The zero-order valence-corrected chi connectivity index (χ0v) is 9.52. The molecule has 0 aliphatic carbocycles. The SMILES string of the molecule is CS(=O)(=O)CC(O)c1cc(F)cc(Cl)c1. The van der Waals surface area contributed by atoms with Crippen LogP contribution in [0.3, 0.4) is 0 Å². The molecule has 0 heterocycles. The highest BCUT2D eigenvalue weighted by Gasteiger charge is 2.15. The molecule has 15 heavy (non-hydrogen) atoms. The minimum Gasteiger partial charge on any atom is -0.387 e. The largest absolute Gasteiger partial charge is 0.387 e. The maximum absolute atomic E-state index is 12.9. The maximum atomic E-state index is 12.9. The van der Waals surface area contributed by atoms with Crippen molar-refractivity contribution in [2.24, 2.45) is 0 Å². The normalized spacial score (nSPS) is 13.9. The molecule has 0 aliphatic rings. The van der Waals surface area contributed by atoms with Gasteiger partial charge < -0.3 is 5.11 Å². The van der Waals surface area contributed by atoms with Crippen molar-refractivity contribution >= 4 is 21.4 Å². The van der Waals surface area contributed by atoms with E-state index < -0.39 is 27.5 Å². The minimum atomic E-state index is -3.31. The van der Waals surface area contributed by atoms with Crippen LogP contribution in [0.4, 0.5) is 4.39 Å². The van der Waals surface area contributed by atoms with E-state index >= 15 is 0 Å². The highest BCUT2D eigenvalue weighted by Crippen LogP contribution is 2.20. The monoisotopic (exact) mass is 252 g/mol. The van der Waals surface area contributed by atoms with Crippen molar-refractivity contribution in [3.8, 4) is 0 Å². The summed E-state index contributed by atoms with van der Waals surface area (Å²) >= 11 is 5.56. The Kier molecular flexibility index (Phi) is 3.70. The van der Waals surface area contributed by atoms with E-state index in [4.69, 9.17) is 11.6 Å². The van der Waals surface area contributed by atoms with Gasteiger partial charge in [0.15, 0.2) is 0 Å². The summed E-state index contributed by atoms with van der Waals surface area (Å²) < 4.78 is 34.7. The average molecular weight is 253 g/mol. The van der Waals surface area contributed by atoms with E-state index in [-0.39, 0.29) is 10.6 Å². The predicted octanol–water partition coefficient (Wildman–Crippen LogP) is 1.56. The summed E-state index contributed by atoms with van der Waals surface area (Å²) in [5, 5.41) is 9.62. The molecule has 1 aromatic rings. The first kappa shape index (κ1) is 12.4. The molecule has 0 amide bonds. The predicted molar refractivity (Wildman–Crippen MR) is 56.1 cm³/mol. The van der Waals surface area contributed by atoms with E-state index in [0.29, 0.717) is 0 Å². The highest BCUT2D eigenvalue weighted by atomic mass is 35.5. The van der Waals surface area contributed by atoms with Crippen molar-refractivity contribution in [1.82, 2.24) is 0 Å². The Morgan fingerprint density at radius 3 is 2.53 bits per heavy atom. The molecule has 6 heteroatoms. The van der Waals surface area contributed by atoms with Gasteiger partial charge in [-0.1, -0.05) is 11.6 Å². The van der Waals surface area contributed by atoms with Crippen molar-refractivity contribution in [2.75, 3.05) is 12.0 Å². The molecule has 0 aliphatic heterocycles. The first-order valence-corrected chi connectivity index (χ1v) is 6.53. The van der Waals surface area contributed by atoms with Crippen LogP contribution in [0.25, 0.3) is 0 Å². The maximum Gasteiger partial charge on any atom is 0.150 e. The molecule has 0 fully saturated rings. The smallest absolute Gasteiger partial charge is 0.150 e. The summed E-state index contributed by atoms with van der Waals surface area (Å²) in [4.78, 5) is 0. The van der Waals surface area contributed by atoms with E-state index in [0.717, 1.165) is 18.4 Å². The average Bonchev–Trinajstić information content (AvgIpc) is 1.98. The first-order valence-electron chi connectivity index (χ1n) is 4.10. The molecule has 0 spiro atoms. The second-order valence-electron chi connectivity index (χ2n) is 3.31. The van der Waals surface area contributed by atoms with E-state index in [1.807, 2.05) is 0 Å². The Morgan fingerprint density at radius 1 is 1.47 bits per heavy atom. The van der Waals surface area contributed by atoms with Gasteiger partial charge in [-0.05, 0) is 23.8 Å². The molecular weight excluding hydrogens is 243 g/mol. The topological polar surface area (TPSA) is 54.4 Å². The van der Waals surface area contributed by atoms with Gasteiger partial charge in [-0.2, -0.15) is 0 Å². The van der Waals surface area contributed by atoms with Crippen molar-refractivity contribution in [3.05, 3.63) is 34.6 Å². The number of benzene rings is 1. The van der Waals surface area contributed by atoms with Gasteiger partial charge in [-0.15, -0.1) is 0 Å². The Balaban J connectivity index is 2.96. The summed E-state index contributed by atoms with van der Waals surface area (Å²) in [6.45, 7) is 0. The fourth-order valence-corrected chi connectivity index (χ4v) is 2.15. The number of halogens is 2.